The average Bonchev–Trinajstić information content (AvgIpc) is 3.19. The number of hydrogen-bond acceptors (Lipinski definition) is 2. The van der Waals surface area contributed by atoms with Gasteiger partial charge in [0.1, 0.15) is 5.82 Å². The molecule has 0 heterocycles. The van der Waals surface area contributed by atoms with E-state index >= 15 is 0 Å². The number of nitrogen functional groups attached to an aromatic ring is 1. The van der Waals surface area contributed by atoms with Gasteiger partial charge in [-0.25, -0.2) is 4.39 Å². The Morgan fingerprint density at radius 1 is 1.11 bits per heavy atom. The molecule has 1 aromatic carbocycles. The SMILES string of the molecule is Nc1ccc(F)cc1CN(CC1CC1)CC1CC1. The zero-order valence-electron chi connectivity index (χ0n) is 10.7. The van der Waals surface area contributed by atoms with Gasteiger partial charge in [-0.3, -0.25) is 4.90 Å². The largest absolute Gasteiger partial charge is 0.398 e. The lowest BCUT2D eigenvalue weighted by Gasteiger charge is -2.23. The molecule has 0 unspecified atom stereocenters. The molecule has 0 saturated heterocycles. The van der Waals surface area contributed by atoms with Gasteiger partial charge in [0.05, 0.1) is 0 Å². The number of halogens is 1. The van der Waals surface area contributed by atoms with Crippen LogP contribution in [-0.4, -0.2) is 18.0 Å². The van der Waals surface area contributed by atoms with E-state index in [9.17, 15) is 4.39 Å². The molecular weight excluding hydrogens is 227 g/mol. The van der Waals surface area contributed by atoms with Crippen molar-refractivity contribution in [1.82, 2.24) is 4.90 Å². The quantitative estimate of drug-likeness (QED) is 0.784. The molecule has 98 valence electrons. The summed E-state index contributed by atoms with van der Waals surface area (Å²) >= 11 is 0. The highest BCUT2D eigenvalue weighted by Crippen LogP contribution is 2.34. The maximum atomic E-state index is 13.3. The van der Waals surface area contributed by atoms with Gasteiger partial charge >= 0.3 is 0 Å². The van der Waals surface area contributed by atoms with Gasteiger partial charge in [0.15, 0.2) is 0 Å². The fourth-order valence-electron chi connectivity index (χ4n) is 2.49. The predicted molar refractivity (Wildman–Crippen MR) is 71.5 cm³/mol. The topological polar surface area (TPSA) is 29.3 Å². The van der Waals surface area contributed by atoms with Crippen LogP contribution in [0.5, 0.6) is 0 Å². The van der Waals surface area contributed by atoms with Crippen molar-refractivity contribution in [3.8, 4) is 0 Å². The predicted octanol–water partition coefficient (Wildman–Crippen LogP) is 3.03. The van der Waals surface area contributed by atoms with E-state index in [1.807, 2.05) is 0 Å². The first-order valence-electron chi connectivity index (χ1n) is 6.97. The molecule has 0 aromatic heterocycles. The first kappa shape index (κ1) is 12.0. The molecule has 0 spiro atoms. The Morgan fingerprint density at radius 3 is 2.28 bits per heavy atom. The molecular formula is C15H21FN2. The monoisotopic (exact) mass is 248 g/mol. The van der Waals surface area contributed by atoms with Crippen molar-refractivity contribution in [1.29, 1.82) is 0 Å². The van der Waals surface area contributed by atoms with Crippen molar-refractivity contribution in [3.05, 3.63) is 29.6 Å². The lowest BCUT2D eigenvalue weighted by molar-refractivity contribution is 0.244. The number of hydrogen-bond donors (Lipinski definition) is 1. The molecule has 2 aliphatic carbocycles. The van der Waals surface area contributed by atoms with Gasteiger partial charge in [-0.1, -0.05) is 0 Å². The zero-order valence-corrected chi connectivity index (χ0v) is 10.7. The molecule has 0 bridgehead atoms. The van der Waals surface area contributed by atoms with E-state index in [1.165, 1.54) is 31.7 Å². The number of rotatable bonds is 6. The maximum Gasteiger partial charge on any atom is 0.123 e. The van der Waals surface area contributed by atoms with Gasteiger partial charge in [-0.15, -0.1) is 0 Å². The van der Waals surface area contributed by atoms with E-state index in [-0.39, 0.29) is 5.82 Å². The standard InChI is InChI=1S/C15H21FN2/c16-14-5-6-15(17)13(7-14)10-18(8-11-1-2-11)9-12-3-4-12/h5-7,11-12H,1-4,8-10,17H2. The van der Waals surface area contributed by atoms with Crippen LogP contribution in [0.25, 0.3) is 0 Å². The van der Waals surface area contributed by atoms with Crippen LogP contribution in [0.2, 0.25) is 0 Å². The summed E-state index contributed by atoms with van der Waals surface area (Å²) in [5.74, 6) is 1.56. The Morgan fingerprint density at radius 2 is 1.72 bits per heavy atom. The lowest BCUT2D eigenvalue weighted by atomic mass is 10.1. The molecule has 2 aliphatic rings. The van der Waals surface area contributed by atoms with Crippen LogP contribution < -0.4 is 5.73 Å². The summed E-state index contributed by atoms with van der Waals surface area (Å²) in [6.07, 6.45) is 5.44. The third-order valence-corrected chi connectivity index (χ3v) is 3.93. The molecule has 2 saturated carbocycles. The van der Waals surface area contributed by atoms with Crippen molar-refractivity contribution < 1.29 is 4.39 Å². The van der Waals surface area contributed by atoms with Gasteiger partial charge in [-0.05, 0) is 61.3 Å². The Balaban J connectivity index is 1.66. The second-order valence-electron chi connectivity index (χ2n) is 5.92. The molecule has 0 atom stereocenters. The summed E-state index contributed by atoms with van der Waals surface area (Å²) in [4.78, 5) is 2.47. The second-order valence-corrected chi connectivity index (χ2v) is 5.92. The van der Waals surface area contributed by atoms with Gasteiger partial charge in [0.25, 0.3) is 0 Å². The van der Waals surface area contributed by atoms with E-state index in [1.54, 1.807) is 12.1 Å². The number of nitrogens with two attached hydrogens (primary N) is 1. The first-order chi connectivity index (χ1) is 8.70. The summed E-state index contributed by atoms with van der Waals surface area (Å²) < 4.78 is 13.3. The fraction of sp³-hybridized carbons (Fsp3) is 0.600. The van der Waals surface area contributed by atoms with Crippen LogP contribution in [0.3, 0.4) is 0 Å². The third-order valence-electron chi connectivity index (χ3n) is 3.93. The summed E-state index contributed by atoms with van der Waals surface area (Å²) in [5.41, 5.74) is 7.59. The zero-order chi connectivity index (χ0) is 12.5. The highest BCUT2D eigenvalue weighted by molar-refractivity contribution is 5.46. The van der Waals surface area contributed by atoms with Gasteiger partial charge in [0.2, 0.25) is 0 Å². The molecule has 0 radical (unpaired) electrons. The summed E-state index contributed by atoms with van der Waals surface area (Å²) in [5, 5.41) is 0. The van der Waals surface area contributed by atoms with E-state index in [4.69, 9.17) is 5.73 Å². The summed E-state index contributed by atoms with van der Waals surface area (Å²) in [6, 6.07) is 4.70. The number of nitrogens with zero attached hydrogens (tertiary/aromatic N) is 1. The summed E-state index contributed by atoms with van der Waals surface area (Å²) in [7, 11) is 0. The molecule has 3 heteroatoms. The van der Waals surface area contributed by atoms with Crippen LogP contribution in [0.1, 0.15) is 31.2 Å². The highest BCUT2D eigenvalue weighted by atomic mass is 19.1. The third kappa shape index (κ3) is 3.22. The van der Waals surface area contributed by atoms with Crippen molar-refractivity contribution >= 4 is 5.69 Å². The van der Waals surface area contributed by atoms with Crippen molar-refractivity contribution in [2.24, 2.45) is 11.8 Å². The van der Waals surface area contributed by atoms with Gasteiger partial charge < -0.3 is 5.73 Å². The van der Waals surface area contributed by atoms with E-state index in [0.717, 1.165) is 37.0 Å². The molecule has 2 fully saturated rings. The fourth-order valence-corrected chi connectivity index (χ4v) is 2.49. The van der Waals surface area contributed by atoms with E-state index in [0.29, 0.717) is 5.69 Å². The van der Waals surface area contributed by atoms with Gasteiger partial charge in [0, 0.05) is 25.3 Å². The molecule has 18 heavy (non-hydrogen) atoms. The minimum absolute atomic E-state index is 0.183. The van der Waals surface area contributed by atoms with Gasteiger partial charge in [-0.2, -0.15) is 0 Å². The van der Waals surface area contributed by atoms with Crippen LogP contribution in [0, 0.1) is 17.7 Å². The van der Waals surface area contributed by atoms with Crippen molar-refractivity contribution in [3.63, 3.8) is 0 Å². The first-order valence-corrected chi connectivity index (χ1v) is 6.97. The normalized spacial score (nSPS) is 19.4. The van der Waals surface area contributed by atoms with Crippen molar-refractivity contribution in [2.45, 2.75) is 32.2 Å². The lowest BCUT2D eigenvalue weighted by Crippen LogP contribution is -2.28. The molecule has 0 amide bonds. The van der Waals surface area contributed by atoms with Crippen LogP contribution >= 0.6 is 0 Å². The molecule has 2 N–H and O–H groups in total. The maximum absolute atomic E-state index is 13.3. The van der Waals surface area contributed by atoms with E-state index < -0.39 is 0 Å². The molecule has 2 nitrogen and oxygen atoms in total. The number of benzene rings is 1. The smallest absolute Gasteiger partial charge is 0.123 e. The second kappa shape index (κ2) is 4.88. The molecule has 0 aliphatic heterocycles. The number of anilines is 1. The van der Waals surface area contributed by atoms with Crippen LogP contribution in [-0.2, 0) is 6.54 Å². The molecule has 3 rings (SSSR count). The highest BCUT2D eigenvalue weighted by Gasteiger charge is 2.29. The average molecular weight is 248 g/mol. The minimum atomic E-state index is -0.183. The molecule has 1 aromatic rings. The Hall–Kier alpha value is -1.09. The summed E-state index contributed by atoms with van der Waals surface area (Å²) in [6.45, 7) is 3.12. The van der Waals surface area contributed by atoms with Crippen molar-refractivity contribution in [2.75, 3.05) is 18.8 Å². The minimum Gasteiger partial charge on any atom is -0.398 e. The Labute approximate surface area is 108 Å². The van der Waals surface area contributed by atoms with Crippen LogP contribution in [0.15, 0.2) is 18.2 Å². The Bertz CT molecular complexity index is 411. The Kier molecular flexibility index (Phi) is 3.25. The van der Waals surface area contributed by atoms with Crippen LogP contribution in [0.4, 0.5) is 10.1 Å². The van der Waals surface area contributed by atoms with E-state index in [2.05, 4.69) is 4.90 Å².